The number of nitrogens with zero attached hydrogens (tertiary/aromatic N) is 2. The molecule has 1 aromatic rings. The number of carbonyl (C=O) groups excluding carboxylic acids is 1. The van der Waals surface area contributed by atoms with Crippen LogP contribution in [0.25, 0.3) is 0 Å². The topological polar surface area (TPSA) is 65.4 Å². The van der Waals surface area contributed by atoms with E-state index in [0.29, 0.717) is 23.9 Å². The van der Waals surface area contributed by atoms with E-state index < -0.39 is 0 Å². The number of benzene rings is 1. The molecule has 0 saturated heterocycles. The fourth-order valence-corrected chi connectivity index (χ4v) is 2.32. The Hall–Kier alpha value is -1.90. The molecule has 1 atom stereocenters. The molecule has 0 aliphatic heterocycles. The molecule has 1 aromatic carbocycles. The van der Waals surface area contributed by atoms with Gasteiger partial charge in [-0.3, -0.25) is 9.69 Å². The molecule has 0 heterocycles. The summed E-state index contributed by atoms with van der Waals surface area (Å²) in [5.41, 5.74) is 1.30. The van der Waals surface area contributed by atoms with E-state index in [0.717, 1.165) is 19.4 Å². The van der Waals surface area contributed by atoms with Crippen LogP contribution in [0.2, 0.25) is 0 Å². The number of anilines is 1. The van der Waals surface area contributed by atoms with E-state index >= 15 is 0 Å². The van der Waals surface area contributed by atoms with Crippen molar-refractivity contribution in [3.63, 3.8) is 0 Å². The lowest BCUT2D eigenvalue weighted by Gasteiger charge is -2.27. The van der Waals surface area contributed by atoms with E-state index in [2.05, 4.69) is 16.3 Å². The van der Waals surface area contributed by atoms with Gasteiger partial charge in [0, 0.05) is 25.4 Å². The first kappa shape index (κ1) is 15.5. The third-order valence-electron chi connectivity index (χ3n) is 3.73. The molecule has 0 bridgehead atoms. The van der Waals surface area contributed by atoms with Crippen molar-refractivity contribution in [1.29, 1.82) is 5.26 Å². The maximum absolute atomic E-state index is 12.3. The van der Waals surface area contributed by atoms with Gasteiger partial charge in [-0.1, -0.05) is 0 Å². The first-order valence-corrected chi connectivity index (χ1v) is 7.21. The van der Waals surface area contributed by atoms with Gasteiger partial charge in [0.2, 0.25) is 5.91 Å². The van der Waals surface area contributed by atoms with Crippen molar-refractivity contribution in [3.8, 4) is 6.07 Å². The van der Waals surface area contributed by atoms with Gasteiger partial charge in [-0.2, -0.15) is 5.26 Å². The summed E-state index contributed by atoms with van der Waals surface area (Å²) in [4.78, 5) is 14.5. The number of nitrogens with one attached hydrogen (secondary N) is 1. The van der Waals surface area contributed by atoms with Gasteiger partial charge < -0.3 is 10.1 Å². The normalized spacial score (nSPS) is 15.5. The van der Waals surface area contributed by atoms with Gasteiger partial charge in [-0.05, 0) is 44.0 Å². The van der Waals surface area contributed by atoms with E-state index in [1.807, 2.05) is 6.92 Å². The van der Waals surface area contributed by atoms with Crippen LogP contribution in [0, 0.1) is 11.3 Å². The minimum atomic E-state index is -0.191. The van der Waals surface area contributed by atoms with Crippen molar-refractivity contribution >= 4 is 11.6 Å². The molecule has 21 heavy (non-hydrogen) atoms. The molecule has 2 rings (SSSR count). The molecule has 0 aromatic heterocycles. The molecule has 112 valence electrons. The molecule has 1 unspecified atom stereocenters. The Bertz CT molecular complexity index is 517. The molecule has 5 heteroatoms. The Balaban J connectivity index is 1.95. The molecule has 1 N–H and O–H groups in total. The summed E-state index contributed by atoms with van der Waals surface area (Å²) in [5, 5.41) is 11.7. The maximum atomic E-state index is 12.3. The lowest BCUT2D eigenvalue weighted by molar-refractivity contribution is -0.121. The van der Waals surface area contributed by atoms with Crippen molar-refractivity contribution < 1.29 is 9.53 Å². The third kappa shape index (κ3) is 4.28. The van der Waals surface area contributed by atoms with Crippen LogP contribution in [0.4, 0.5) is 5.69 Å². The Morgan fingerprint density at radius 1 is 1.48 bits per heavy atom. The summed E-state index contributed by atoms with van der Waals surface area (Å²) >= 11 is 0. The lowest BCUT2D eigenvalue weighted by atomic mass is 10.2. The highest BCUT2D eigenvalue weighted by molar-refractivity contribution is 5.94. The van der Waals surface area contributed by atoms with E-state index in [1.165, 1.54) is 0 Å². The van der Waals surface area contributed by atoms with Crippen molar-refractivity contribution in [2.45, 2.75) is 31.8 Å². The van der Waals surface area contributed by atoms with Crippen LogP contribution in [0.15, 0.2) is 24.3 Å². The number of amides is 1. The number of nitriles is 1. The average Bonchev–Trinajstić information content (AvgIpc) is 3.33. The third-order valence-corrected chi connectivity index (χ3v) is 3.73. The first-order chi connectivity index (χ1) is 10.2. The number of hydrogen-bond donors (Lipinski definition) is 1. The monoisotopic (exact) mass is 287 g/mol. The average molecular weight is 287 g/mol. The predicted octanol–water partition coefficient (Wildman–Crippen LogP) is 2.00. The smallest absolute Gasteiger partial charge is 0.241 e. The van der Waals surface area contributed by atoms with Gasteiger partial charge in [-0.25, -0.2) is 0 Å². The first-order valence-electron chi connectivity index (χ1n) is 7.21. The molecule has 1 amide bonds. The fourth-order valence-electron chi connectivity index (χ4n) is 2.32. The Morgan fingerprint density at radius 2 is 2.14 bits per heavy atom. The summed E-state index contributed by atoms with van der Waals surface area (Å²) in [6.45, 7) is 3.32. The molecule has 1 fully saturated rings. The molecule has 5 nitrogen and oxygen atoms in total. The summed E-state index contributed by atoms with van der Waals surface area (Å²) in [7, 11) is 1.67. The largest absolute Gasteiger partial charge is 0.383 e. The molecule has 1 saturated carbocycles. The van der Waals surface area contributed by atoms with Gasteiger partial charge in [0.05, 0.1) is 24.3 Å². The maximum Gasteiger partial charge on any atom is 0.241 e. The number of rotatable bonds is 7. The summed E-state index contributed by atoms with van der Waals surface area (Å²) in [6, 6.07) is 9.27. The van der Waals surface area contributed by atoms with E-state index in [4.69, 9.17) is 10.00 Å². The number of ether oxygens (including phenoxy) is 1. The predicted molar refractivity (Wildman–Crippen MR) is 80.9 cm³/mol. The highest BCUT2D eigenvalue weighted by Gasteiger charge is 2.34. The van der Waals surface area contributed by atoms with Crippen molar-refractivity contribution in [1.82, 2.24) is 4.90 Å². The van der Waals surface area contributed by atoms with E-state index in [1.54, 1.807) is 31.4 Å². The van der Waals surface area contributed by atoms with Gasteiger partial charge in [-0.15, -0.1) is 0 Å². The minimum Gasteiger partial charge on any atom is -0.383 e. The van der Waals surface area contributed by atoms with Crippen LogP contribution in [-0.4, -0.2) is 43.2 Å². The Morgan fingerprint density at radius 3 is 2.67 bits per heavy atom. The van der Waals surface area contributed by atoms with Gasteiger partial charge in [0.25, 0.3) is 0 Å². The summed E-state index contributed by atoms with van der Waals surface area (Å²) in [6.07, 6.45) is 2.30. The van der Waals surface area contributed by atoms with Crippen LogP contribution in [0.5, 0.6) is 0 Å². The Kier molecular flexibility index (Phi) is 5.32. The SMILES string of the molecule is COCCN(C1CC1)C(C)C(=O)Nc1ccc(C#N)cc1. The van der Waals surface area contributed by atoms with Gasteiger partial charge in [0.15, 0.2) is 0 Å². The van der Waals surface area contributed by atoms with Crippen LogP contribution in [0.3, 0.4) is 0 Å². The fraction of sp³-hybridized carbons (Fsp3) is 0.500. The van der Waals surface area contributed by atoms with Crippen LogP contribution in [-0.2, 0) is 9.53 Å². The van der Waals surface area contributed by atoms with Gasteiger partial charge in [0.1, 0.15) is 0 Å². The zero-order chi connectivity index (χ0) is 15.2. The summed E-state index contributed by atoms with van der Waals surface area (Å²) in [5.74, 6) is -0.0253. The number of carbonyl (C=O) groups is 1. The molecular formula is C16H21N3O2. The van der Waals surface area contributed by atoms with E-state index in [-0.39, 0.29) is 11.9 Å². The van der Waals surface area contributed by atoms with E-state index in [9.17, 15) is 4.79 Å². The second kappa shape index (κ2) is 7.21. The molecule has 1 aliphatic carbocycles. The second-order valence-corrected chi connectivity index (χ2v) is 5.32. The minimum absolute atomic E-state index is 0.0253. The standard InChI is InChI=1S/C16H21N3O2/c1-12(19(9-10-21-2)15-7-8-15)16(20)18-14-5-3-13(11-17)4-6-14/h3-6,12,15H,7-10H2,1-2H3,(H,18,20). The highest BCUT2D eigenvalue weighted by atomic mass is 16.5. The highest BCUT2D eigenvalue weighted by Crippen LogP contribution is 2.28. The molecule has 1 aliphatic rings. The lowest BCUT2D eigenvalue weighted by Crippen LogP contribution is -2.44. The number of methoxy groups -OCH3 is 1. The van der Waals surface area contributed by atoms with Crippen LogP contribution >= 0.6 is 0 Å². The van der Waals surface area contributed by atoms with Crippen LogP contribution in [0.1, 0.15) is 25.3 Å². The summed E-state index contributed by atoms with van der Waals surface area (Å²) < 4.78 is 5.12. The zero-order valence-corrected chi connectivity index (χ0v) is 12.5. The van der Waals surface area contributed by atoms with Crippen molar-refractivity contribution in [2.24, 2.45) is 0 Å². The molecule has 0 radical (unpaired) electrons. The Labute approximate surface area is 125 Å². The van der Waals surface area contributed by atoms with Crippen molar-refractivity contribution in [3.05, 3.63) is 29.8 Å². The quantitative estimate of drug-likeness (QED) is 0.833. The molecular weight excluding hydrogens is 266 g/mol. The second-order valence-electron chi connectivity index (χ2n) is 5.32. The number of hydrogen-bond acceptors (Lipinski definition) is 4. The zero-order valence-electron chi connectivity index (χ0n) is 12.5. The van der Waals surface area contributed by atoms with Crippen molar-refractivity contribution in [2.75, 3.05) is 25.6 Å². The van der Waals surface area contributed by atoms with Crippen LogP contribution < -0.4 is 5.32 Å². The molecule has 0 spiro atoms. The van der Waals surface area contributed by atoms with Gasteiger partial charge >= 0.3 is 0 Å².